The molecule has 0 radical (unpaired) electrons. The van der Waals surface area contributed by atoms with E-state index in [1.165, 1.54) is 0 Å². The Hall–Kier alpha value is -2.08. The van der Waals surface area contributed by atoms with Crippen LogP contribution in [-0.2, 0) is 9.59 Å². The molecule has 0 aromatic heterocycles. The molecule has 25 heavy (non-hydrogen) atoms. The Kier molecular flexibility index (Phi) is 5.58. The van der Waals surface area contributed by atoms with Crippen LogP contribution >= 0.6 is 0 Å². The average Bonchev–Trinajstić information content (AvgIpc) is 3.42. The molecule has 1 aromatic carbocycles. The molecule has 136 valence electrons. The second kappa shape index (κ2) is 7.87. The number of nitrogens with zero attached hydrogens (tertiary/aromatic N) is 2. The summed E-state index contributed by atoms with van der Waals surface area (Å²) in [6.07, 6.45) is 0.892. The van der Waals surface area contributed by atoms with Gasteiger partial charge < -0.3 is 15.0 Å². The third-order valence-electron chi connectivity index (χ3n) is 5.21. The van der Waals surface area contributed by atoms with Crippen LogP contribution in [0.4, 0.5) is 0 Å². The number of amides is 2. The molecular weight excluding hydrogens is 318 g/mol. The Bertz CT molecular complexity index is 626. The number of para-hydroxylation sites is 1. The highest BCUT2D eigenvalue weighted by Gasteiger charge is 2.45. The molecule has 0 spiro atoms. The Morgan fingerprint density at radius 2 is 1.92 bits per heavy atom. The van der Waals surface area contributed by atoms with E-state index in [0.29, 0.717) is 6.54 Å². The van der Waals surface area contributed by atoms with Crippen molar-refractivity contribution in [2.45, 2.75) is 19.3 Å². The van der Waals surface area contributed by atoms with Gasteiger partial charge in [0, 0.05) is 52.1 Å². The number of nitrogens with one attached hydrogen (secondary N) is 1. The summed E-state index contributed by atoms with van der Waals surface area (Å²) in [7, 11) is 1.67. The molecule has 2 fully saturated rings. The fourth-order valence-corrected chi connectivity index (χ4v) is 3.56. The van der Waals surface area contributed by atoms with E-state index in [4.69, 9.17) is 4.74 Å². The van der Waals surface area contributed by atoms with Crippen LogP contribution in [0, 0.1) is 5.92 Å². The standard InChI is InChI=1S/C19H27N3O3/c1-14(23)22-11-9-21(10-12-22)8-7-20-19(24)17-13-16(17)15-5-3-4-6-18(15)25-2/h3-6,16-17H,7-13H2,1-2H3,(H,20,24). The molecule has 6 heteroatoms. The van der Waals surface area contributed by atoms with Crippen molar-refractivity contribution in [3.63, 3.8) is 0 Å². The number of carbonyl (C=O) groups excluding carboxylic acids is 2. The summed E-state index contributed by atoms with van der Waals surface area (Å²) in [5.41, 5.74) is 1.13. The predicted molar refractivity (Wildman–Crippen MR) is 95.5 cm³/mol. The number of carbonyl (C=O) groups is 2. The Morgan fingerprint density at radius 3 is 2.60 bits per heavy atom. The fraction of sp³-hybridized carbons (Fsp3) is 0.579. The normalized spacial score (nSPS) is 23.2. The monoisotopic (exact) mass is 345 g/mol. The summed E-state index contributed by atoms with van der Waals surface area (Å²) in [4.78, 5) is 27.8. The second-order valence-corrected chi connectivity index (χ2v) is 6.83. The molecule has 3 rings (SSSR count). The zero-order valence-corrected chi connectivity index (χ0v) is 15.0. The summed E-state index contributed by atoms with van der Waals surface area (Å²) >= 11 is 0. The third kappa shape index (κ3) is 4.31. The van der Waals surface area contributed by atoms with E-state index in [1.807, 2.05) is 29.2 Å². The maximum Gasteiger partial charge on any atom is 0.223 e. The van der Waals surface area contributed by atoms with Crippen molar-refractivity contribution < 1.29 is 14.3 Å². The molecule has 1 saturated heterocycles. The van der Waals surface area contributed by atoms with Crippen molar-refractivity contribution in [1.29, 1.82) is 0 Å². The largest absolute Gasteiger partial charge is 0.496 e. The molecule has 1 aliphatic heterocycles. The Morgan fingerprint density at radius 1 is 1.20 bits per heavy atom. The van der Waals surface area contributed by atoms with E-state index < -0.39 is 0 Å². The summed E-state index contributed by atoms with van der Waals surface area (Å²) in [5, 5.41) is 3.06. The summed E-state index contributed by atoms with van der Waals surface area (Å²) in [6, 6.07) is 7.94. The van der Waals surface area contributed by atoms with Crippen LogP contribution in [0.3, 0.4) is 0 Å². The van der Waals surface area contributed by atoms with Gasteiger partial charge in [-0.2, -0.15) is 0 Å². The fourth-order valence-electron chi connectivity index (χ4n) is 3.56. The van der Waals surface area contributed by atoms with Crippen LogP contribution in [0.1, 0.15) is 24.8 Å². The molecule has 6 nitrogen and oxygen atoms in total. The highest BCUT2D eigenvalue weighted by molar-refractivity contribution is 5.83. The summed E-state index contributed by atoms with van der Waals surface area (Å²) in [5.74, 6) is 1.48. The zero-order chi connectivity index (χ0) is 17.8. The van der Waals surface area contributed by atoms with Crippen LogP contribution in [0.5, 0.6) is 5.75 Å². The van der Waals surface area contributed by atoms with Crippen molar-refractivity contribution in [2.24, 2.45) is 5.92 Å². The van der Waals surface area contributed by atoms with Gasteiger partial charge in [0.2, 0.25) is 11.8 Å². The van der Waals surface area contributed by atoms with Crippen LogP contribution in [0.2, 0.25) is 0 Å². The van der Waals surface area contributed by atoms with Gasteiger partial charge in [0.25, 0.3) is 0 Å². The van der Waals surface area contributed by atoms with Gasteiger partial charge in [-0.25, -0.2) is 0 Å². The molecule has 1 aromatic rings. The van der Waals surface area contributed by atoms with Gasteiger partial charge in [-0.15, -0.1) is 0 Å². The van der Waals surface area contributed by atoms with Crippen LogP contribution < -0.4 is 10.1 Å². The smallest absolute Gasteiger partial charge is 0.223 e. The van der Waals surface area contributed by atoms with Gasteiger partial charge in [0.05, 0.1) is 7.11 Å². The first-order chi connectivity index (χ1) is 12.1. The SMILES string of the molecule is COc1ccccc1C1CC1C(=O)NCCN1CCN(C(C)=O)CC1. The van der Waals surface area contributed by atoms with Crippen molar-refractivity contribution >= 4 is 11.8 Å². The van der Waals surface area contributed by atoms with Gasteiger partial charge in [0.15, 0.2) is 0 Å². The third-order valence-corrected chi connectivity index (χ3v) is 5.21. The maximum absolute atomic E-state index is 12.3. The number of ether oxygens (including phenoxy) is 1. The van der Waals surface area contributed by atoms with Crippen LogP contribution in [-0.4, -0.2) is 68.0 Å². The highest BCUT2D eigenvalue weighted by Crippen LogP contribution is 2.50. The molecule has 2 amide bonds. The van der Waals surface area contributed by atoms with Crippen molar-refractivity contribution in [3.05, 3.63) is 29.8 Å². The quantitative estimate of drug-likeness (QED) is 0.838. The molecule has 1 aliphatic carbocycles. The second-order valence-electron chi connectivity index (χ2n) is 6.83. The van der Waals surface area contributed by atoms with E-state index in [-0.39, 0.29) is 23.7 Å². The molecule has 2 unspecified atom stereocenters. The molecule has 1 saturated carbocycles. The molecule has 0 bridgehead atoms. The minimum atomic E-state index is 0.0610. The van der Waals surface area contributed by atoms with E-state index in [2.05, 4.69) is 10.2 Å². The van der Waals surface area contributed by atoms with Gasteiger partial charge in [-0.3, -0.25) is 14.5 Å². The molecule has 2 aliphatic rings. The van der Waals surface area contributed by atoms with Crippen molar-refractivity contribution in [3.8, 4) is 5.75 Å². The lowest BCUT2D eigenvalue weighted by molar-refractivity contribution is -0.130. The number of methoxy groups -OCH3 is 1. The minimum Gasteiger partial charge on any atom is -0.496 e. The number of hydrogen-bond acceptors (Lipinski definition) is 4. The first kappa shape index (κ1) is 17.7. The topological polar surface area (TPSA) is 61.9 Å². The Labute approximate surface area is 149 Å². The average molecular weight is 345 g/mol. The molecular formula is C19H27N3O3. The van der Waals surface area contributed by atoms with Crippen molar-refractivity contribution in [2.75, 3.05) is 46.4 Å². The maximum atomic E-state index is 12.3. The summed E-state index contributed by atoms with van der Waals surface area (Å²) in [6.45, 7) is 6.43. The molecule has 1 N–H and O–H groups in total. The van der Waals surface area contributed by atoms with Gasteiger partial charge in [-0.1, -0.05) is 18.2 Å². The number of hydrogen-bond donors (Lipinski definition) is 1. The first-order valence-corrected chi connectivity index (χ1v) is 8.98. The number of rotatable bonds is 6. The minimum absolute atomic E-state index is 0.0610. The lowest BCUT2D eigenvalue weighted by Gasteiger charge is -2.34. The van der Waals surface area contributed by atoms with E-state index >= 15 is 0 Å². The zero-order valence-electron chi connectivity index (χ0n) is 15.0. The van der Waals surface area contributed by atoms with Crippen LogP contribution in [0.15, 0.2) is 24.3 Å². The van der Waals surface area contributed by atoms with E-state index in [9.17, 15) is 9.59 Å². The lowest BCUT2D eigenvalue weighted by Crippen LogP contribution is -2.49. The number of piperazine rings is 1. The molecule has 1 heterocycles. The van der Waals surface area contributed by atoms with Crippen LogP contribution in [0.25, 0.3) is 0 Å². The lowest BCUT2D eigenvalue weighted by atomic mass is 10.1. The predicted octanol–water partition coefficient (Wildman–Crippen LogP) is 1.08. The van der Waals surface area contributed by atoms with Gasteiger partial charge >= 0.3 is 0 Å². The van der Waals surface area contributed by atoms with Crippen molar-refractivity contribution in [1.82, 2.24) is 15.1 Å². The van der Waals surface area contributed by atoms with Gasteiger partial charge in [-0.05, 0) is 24.0 Å². The Balaban J connectivity index is 1.39. The van der Waals surface area contributed by atoms with Gasteiger partial charge in [0.1, 0.15) is 5.75 Å². The van der Waals surface area contributed by atoms with E-state index in [1.54, 1.807) is 14.0 Å². The number of benzene rings is 1. The van der Waals surface area contributed by atoms with E-state index in [0.717, 1.165) is 50.5 Å². The summed E-state index contributed by atoms with van der Waals surface area (Å²) < 4.78 is 5.39. The first-order valence-electron chi connectivity index (χ1n) is 8.98. The molecule has 2 atom stereocenters. The highest BCUT2D eigenvalue weighted by atomic mass is 16.5.